The smallest absolute Gasteiger partial charge is 0.275 e. The number of carbonyl (C=O) groups is 2. The predicted octanol–water partition coefficient (Wildman–Crippen LogP) is 3.33. The van der Waals surface area contributed by atoms with Crippen LogP contribution in [0.1, 0.15) is 38.2 Å². The molecule has 0 saturated heterocycles. The van der Waals surface area contributed by atoms with Gasteiger partial charge in [0.05, 0.1) is 22.1 Å². The fourth-order valence-corrected chi connectivity index (χ4v) is 4.50. The minimum Gasteiger partial charge on any atom is -0.355 e. The Kier molecular flexibility index (Phi) is 7.47. The first-order valence-corrected chi connectivity index (χ1v) is 12.3. The lowest BCUT2D eigenvalue weighted by atomic mass is 10.0. The van der Waals surface area contributed by atoms with Gasteiger partial charge in [-0.1, -0.05) is 32.0 Å². The molecule has 0 unspecified atom stereocenters. The average Bonchev–Trinajstić information content (AvgIpc) is 3.17. The topological polar surface area (TPSA) is 111 Å². The van der Waals surface area contributed by atoms with Crippen LogP contribution in [-0.2, 0) is 29.6 Å². The first-order valence-electron chi connectivity index (χ1n) is 12.3. The Balaban J connectivity index is 1.44. The van der Waals surface area contributed by atoms with Crippen LogP contribution in [0, 0.1) is 12.8 Å². The van der Waals surface area contributed by atoms with Crippen molar-refractivity contribution in [2.45, 2.75) is 46.6 Å². The molecule has 0 spiro atoms. The summed E-state index contributed by atoms with van der Waals surface area (Å²) >= 11 is 0. The van der Waals surface area contributed by atoms with E-state index in [1.54, 1.807) is 18.2 Å². The number of carbonyl (C=O) groups excluding carboxylic acids is 2. The van der Waals surface area contributed by atoms with Gasteiger partial charge in [0.15, 0.2) is 0 Å². The predicted molar refractivity (Wildman–Crippen MR) is 141 cm³/mol. The molecule has 0 atom stereocenters. The van der Waals surface area contributed by atoms with Crippen LogP contribution in [0.25, 0.3) is 21.8 Å². The normalized spacial score (nSPS) is 11.4. The molecule has 0 fully saturated rings. The number of amides is 2. The van der Waals surface area contributed by atoms with E-state index in [-0.39, 0.29) is 29.8 Å². The molecule has 0 radical (unpaired) electrons. The van der Waals surface area contributed by atoms with E-state index < -0.39 is 0 Å². The van der Waals surface area contributed by atoms with E-state index in [0.29, 0.717) is 29.7 Å². The van der Waals surface area contributed by atoms with Gasteiger partial charge < -0.3 is 15.2 Å². The monoisotopic (exact) mass is 488 g/mol. The summed E-state index contributed by atoms with van der Waals surface area (Å²) in [5.74, 6) is 0.625. The first-order chi connectivity index (χ1) is 17.3. The van der Waals surface area contributed by atoms with Gasteiger partial charge in [0, 0.05) is 37.0 Å². The highest BCUT2D eigenvalue weighted by atomic mass is 16.2. The third-order valence-corrected chi connectivity index (χ3v) is 6.61. The molecule has 0 bridgehead atoms. The van der Waals surface area contributed by atoms with Crippen LogP contribution in [-0.4, -0.2) is 37.7 Å². The van der Waals surface area contributed by atoms with Crippen molar-refractivity contribution in [2.75, 3.05) is 11.9 Å². The molecule has 9 nitrogen and oxygen atoms in total. The molecule has 0 aliphatic rings. The molecule has 2 heterocycles. The highest BCUT2D eigenvalue weighted by molar-refractivity contribution is 5.93. The molecule has 0 saturated carbocycles. The summed E-state index contributed by atoms with van der Waals surface area (Å²) in [5, 5.41) is 11.5. The molecule has 188 valence electrons. The summed E-state index contributed by atoms with van der Waals surface area (Å²) in [6, 6.07) is 12.8. The lowest BCUT2D eigenvalue weighted by Crippen LogP contribution is -2.32. The fraction of sp³-hybridized carbons (Fsp3) is 0.370. The Morgan fingerprint density at radius 2 is 1.78 bits per heavy atom. The molecule has 0 aliphatic heterocycles. The maximum Gasteiger partial charge on any atom is 0.275 e. The van der Waals surface area contributed by atoms with Crippen LogP contribution in [0.2, 0.25) is 0 Å². The number of hydrogen-bond donors (Lipinski definition) is 2. The average molecular weight is 489 g/mol. The van der Waals surface area contributed by atoms with E-state index in [0.717, 1.165) is 35.1 Å². The molecule has 4 rings (SSSR count). The van der Waals surface area contributed by atoms with Gasteiger partial charge in [0.1, 0.15) is 12.4 Å². The van der Waals surface area contributed by atoms with Crippen molar-refractivity contribution >= 4 is 39.3 Å². The maximum absolute atomic E-state index is 12.8. The standard InChI is InChI=1S/C27H32N6O3/c1-5-18(6-2)26(35)28-14-13-24-30-22-15-19(11-12-23(22)32(24)4)29-25(34)16-33-27(36)21-10-8-7-9-20(21)17(3)31-33/h7-12,15,18H,5-6,13-14,16H2,1-4H3,(H,28,35)(H,29,34). The highest BCUT2D eigenvalue weighted by Gasteiger charge is 2.15. The second-order valence-corrected chi connectivity index (χ2v) is 8.99. The molecule has 0 aliphatic carbocycles. The zero-order valence-corrected chi connectivity index (χ0v) is 21.2. The third-order valence-electron chi connectivity index (χ3n) is 6.61. The molecule has 36 heavy (non-hydrogen) atoms. The van der Waals surface area contributed by atoms with Crippen molar-refractivity contribution in [3.63, 3.8) is 0 Å². The van der Waals surface area contributed by atoms with Crippen molar-refractivity contribution < 1.29 is 9.59 Å². The number of nitrogens with one attached hydrogen (secondary N) is 2. The Bertz CT molecular complexity index is 1480. The first kappa shape index (κ1) is 25.1. The van der Waals surface area contributed by atoms with E-state index in [4.69, 9.17) is 4.98 Å². The number of aryl methyl sites for hydroxylation is 2. The summed E-state index contributed by atoms with van der Waals surface area (Å²) in [6.07, 6.45) is 2.26. The Labute approximate surface area is 209 Å². The number of aromatic nitrogens is 4. The number of benzene rings is 2. The van der Waals surface area contributed by atoms with Crippen molar-refractivity contribution in [3.8, 4) is 0 Å². The zero-order valence-electron chi connectivity index (χ0n) is 21.2. The highest BCUT2D eigenvalue weighted by Crippen LogP contribution is 2.20. The Hall–Kier alpha value is -4.01. The van der Waals surface area contributed by atoms with E-state index in [1.165, 1.54) is 4.68 Å². The zero-order chi connectivity index (χ0) is 25.8. The Morgan fingerprint density at radius 1 is 1.06 bits per heavy atom. The van der Waals surface area contributed by atoms with E-state index >= 15 is 0 Å². The minimum atomic E-state index is -0.348. The third kappa shape index (κ3) is 5.15. The fourth-order valence-electron chi connectivity index (χ4n) is 4.50. The lowest BCUT2D eigenvalue weighted by Gasteiger charge is -2.12. The van der Waals surface area contributed by atoms with Gasteiger partial charge in [-0.2, -0.15) is 5.10 Å². The van der Waals surface area contributed by atoms with Gasteiger partial charge in [-0.3, -0.25) is 14.4 Å². The van der Waals surface area contributed by atoms with Crippen molar-refractivity contribution in [3.05, 3.63) is 64.3 Å². The Morgan fingerprint density at radius 3 is 2.50 bits per heavy atom. The van der Waals surface area contributed by atoms with Crippen LogP contribution >= 0.6 is 0 Å². The van der Waals surface area contributed by atoms with Crippen molar-refractivity contribution in [2.24, 2.45) is 13.0 Å². The number of imidazole rings is 1. The molecule has 4 aromatic rings. The summed E-state index contributed by atoms with van der Waals surface area (Å²) in [7, 11) is 1.94. The number of fused-ring (bicyclic) bond motifs is 2. The van der Waals surface area contributed by atoms with E-state index in [1.807, 2.05) is 56.7 Å². The van der Waals surface area contributed by atoms with Crippen LogP contribution in [0.5, 0.6) is 0 Å². The van der Waals surface area contributed by atoms with Gasteiger partial charge in [-0.05, 0) is 44.0 Å². The molecule has 2 N–H and O–H groups in total. The van der Waals surface area contributed by atoms with Gasteiger partial charge >= 0.3 is 0 Å². The van der Waals surface area contributed by atoms with Gasteiger partial charge in [0.2, 0.25) is 11.8 Å². The molecular formula is C27H32N6O3. The summed E-state index contributed by atoms with van der Waals surface area (Å²) in [4.78, 5) is 42.4. The van der Waals surface area contributed by atoms with E-state index in [9.17, 15) is 14.4 Å². The largest absolute Gasteiger partial charge is 0.355 e. The van der Waals surface area contributed by atoms with Gasteiger partial charge in [-0.15, -0.1) is 0 Å². The minimum absolute atomic E-state index is 0.0428. The van der Waals surface area contributed by atoms with Crippen LogP contribution in [0.3, 0.4) is 0 Å². The molecule has 9 heteroatoms. The molecule has 2 aromatic heterocycles. The quantitative estimate of drug-likeness (QED) is 0.375. The number of rotatable bonds is 9. The summed E-state index contributed by atoms with van der Waals surface area (Å²) in [6.45, 7) is 6.19. The second-order valence-electron chi connectivity index (χ2n) is 8.99. The van der Waals surface area contributed by atoms with Crippen LogP contribution < -0.4 is 16.2 Å². The number of nitrogens with zero attached hydrogens (tertiary/aromatic N) is 4. The maximum atomic E-state index is 12.8. The summed E-state index contributed by atoms with van der Waals surface area (Å²) in [5.41, 5.74) is 2.65. The summed E-state index contributed by atoms with van der Waals surface area (Å²) < 4.78 is 3.19. The number of hydrogen-bond acceptors (Lipinski definition) is 5. The number of anilines is 1. The van der Waals surface area contributed by atoms with Crippen LogP contribution in [0.4, 0.5) is 5.69 Å². The van der Waals surface area contributed by atoms with Crippen molar-refractivity contribution in [1.82, 2.24) is 24.6 Å². The molecule has 2 aromatic carbocycles. The van der Waals surface area contributed by atoms with Crippen molar-refractivity contribution in [1.29, 1.82) is 0 Å². The van der Waals surface area contributed by atoms with Gasteiger partial charge in [-0.25, -0.2) is 9.67 Å². The van der Waals surface area contributed by atoms with Crippen LogP contribution in [0.15, 0.2) is 47.3 Å². The van der Waals surface area contributed by atoms with E-state index in [2.05, 4.69) is 15.7 Å². The second kappa shape index (κ2) is 10.7. The SMILES string of the molecule is CCC(CC)C(=O)NCCc1nc2cc(NC(=O)Cn3nc(C)c4ccccc4c3=O)ccc2n1C. The van der Waals surface area contributed by atoms with Gasteiger partial charge in [0.25, 0.3) is 5.56 Å². The molecular weight excluding hydrogens is 456 g/mol. The lowest BCUT2D eigenvalue weighted by molar-refractivity contribution is -0.125. The molecule has 2 amide bonds.